The lowest BCUT2D eigenvalue weighted by atomic mass is 9.95. The lowest BCUT2D eigenvalue weighted by Crippen LogP contribution is -2.33. The van der Waals surface area contributed by atoms with Gasteiger partial charge in [-0.3, -0.25) is 14.4 Å². The third-order valence-electron chi connectivity index (χ3n) is 7.04. The van der Waals surface area contributed by atoms with Gasteiger partial charge in [-0.05, 0) is 48.9 Å². The summed E-state index contributed by atoms with van der Waals surface area (Å²) >= 11 is 6.29. The fourth-order valence-corrected chi connectivity index (χ4v) is 5.12. The second kappa shape index (κ2) is 10.7. The van der Waals surface area contributed by atoms with E-state index in [1.54, 1.807) is 7.05 Å². The molecule has 3 amide bonds. The Morgan fingerprint density at radius 2 is 1.85 bits per heavy atom. The number of likely N-dealkylation sites (N-methyl/N-ethyl adjacent to an activating group) is 1. The Morgan fingerprint density at radius 3 is 2.54 bits per heavy atom. The smallest absolute Gasteiger partial charge is 0.416 e. The molecule has 0 radical (unpaired) electrons. The summed E-state index contributed by atoms with van der Waals surface area (Å²) < 4.78 is 73.8. The Morgan fingerprint density at radius 1 is 1.10 bits per heavy atom. The number of carbonyl (C=O) groups is 3. The van der Waals surface area contributed by atoms with Crippen molar-refractivity contribution in [1.82, 2.24) is 10.2 Å². The number of ether oxygens (including phenoxy) is 1. The van der Waals surface area contributed by atoms with E-state index in [0.29, 0.717) is 25.0 Å². The minimum Gasteiger partial charge on any atom is -0.491 e. The lowest BCUT2D eigenvalue weighted by molar-refractivity contribution is -0.137. The largest absolute Gasteiger partial charge is 0.491 e. The third kappa shape index (κ3) is 5.69. The number of benzene rings is 3. The molecular formula is C28H21ClF5N3O4. The fourth-order valence-electron chi connectivity index (χ4n) is 4.89. The summed E-state index contributed by atoms with van der Waals surface area (Å²) in [6, 6.07) is 6.38. The Hall–Kier alpha value is -4.19. The molecule has 13 heteroatoms. The molecule has 214 valence electrons. The van der Waals surface area contributed by atoms with Crippen molar-refractivity contribution in [2.45, 2.75) is 31.1 Å². The molecular weight excluding hydrogens is 573 g/mol. The molecule has 0 aliphatic carbocycles. The molecule has 3 aromatic rings. The Bertz CT molecular complexity index is 1580. The number of hydrogen-bond acceptors (Lipinski definition) is 4. The average Bonchev–Trinajstić information content (AvgIpc) is 3.41. The van der Waals surface area contributed by atoms with Crippen LogP contribution in [-0.2, 0) is 11.0 Å². The molecule has 1 fully saturated rings. The molecule has 2 aliphatic rings. The predicted molar refractivity (Wildman–Crippen MR) is 138 cm³/mol. The highest BCUT2D eigenvalue weighted by molar-refractivity contribution is 6.31. The van der Waals surface area contributed by atoms with Gasteiger partial charge in [-0.15, -0.1) is 0 Å². The number of hydrogen-bond donors (Lipinski definition) is 2. The number of nitrogens with one attached hydrogen (secondary N) is 2. The second-order valence-electron chi connectivity index (χ2n) is 9.69. The molecule has 1 saturated heterocycles. The van der Waals surface area contributed by atoms with E-state index in [2.05, 4.69) is 10.6 Å². The molecule has 2 heterocycles. The van der Waals surface area contributed by atoms with Crippen molar-refractivity contribution in [3.8, 4) is 5.75 Å². The zero-order chi connectivity index (χ0) is 29.6. The molecule has 0 unspecified atom stereocenters. The Kier molecular flexibility index (Phi) is 7.37. The minimum absolute atomic E-state index is 0.0363. The monoisotopic (exact) mass is 593 g/mol. The van der Waals surface area contributed by atoms with Crippen molar-refractivity contribution in [1.29, 1.82) is 0 Å². The van der Waals surface area contributed by atoms with Crippen molar-refractivity contribution in [3.05, 3.63) is 93.0 Å². The molecule has 0 bridgehead atoms. The number of anilines is 1. The van der Waals surface area contributed by atoms with Gasteiger partial charge in [0.1, 0.15) is 24.0 Å². The number of amides is 3. The van der Waals surface area contributed by atoms with Gasteiger partial charge in [0.15, 0.2) is 0 Å². The van der Waals surface area contributed by atoms with Gasteiger partial charge in [0.25, 0.3) is 11.8 Å². The quantitative estimate of drug-likeness (QED) is 0.358. The molecule has 5 rings (SSSR count). The lowest BCUT2D eigenvalue weighted by Gasteiger charge is -2.22. The fraction of sp³-hybridized carbons (Fsp3) is 0.250. The van der Waals surface area contributed by atoms with E-state index >= 15 is 0 Å². The number of rotatable bonds is 6. The van der Waals surface area contributed by atoms with Gasteiger partial charge >= 0.3 is 6.18 Å². The van der Waals surface area contributed by atoms with Crippen molar-refractivity contribution >= 4 is 35.0 Å². The van der Waals surface area contributed by atoms with Gasteiger partial charge < -0.3 is 20.3 Å². The van der Waals surface area contributed by atoms with E-state index in [4.69, 9.17) is 16.3 Å². The molecule has 3 aromatic carbocycles. The molecule has 2 aliphatic heterocycles. The van der Waals surface area contributed by atoms with Gasteiger partial charge in [-0.2, -0.15) is 13.2 Å². The van der Waals surface area contributed by atoms with Crippen LogP contribution in [0.1, 0.15) is 56.3 Å². The van der Waals surface area contributed by atoms with E-state index in [0.717, 1.165) is 12.1 Å². The third-order valence-corrected chi connectivity index (χ3v) is 7.39. The molecule has 0 saturated carbocycles. The number of fused-ring (bicyclic) bond motifs is 1. The zero-order valence-corrected chi connectivity index (χ0v) is 22.0. The van der Waals surface area contributed by atoms with Crippen LogP contribution in [0.5, 0.6) is 5.75 Å². The summed E-state index contributed by atoms with van der Waals surface area (Å²) in [5.74, 6) is -3.56. The standard InChI is InChI=1S/C28H21ClF5N3O4/c1-37-17(3-5-23(37)38)12-41-18-10-20-24(25(36-27(20)40)19-9-15(30)2-4-21(19)29)22(11-18)35-26(39)13-6-14(28(32,33)34)8-16(31)7-13/h2,4,6-11,17,25H,3,5,12H2,1H3,(H,35,39)(H,36,40)/t17-,25-/m1/s1. The van der Waals surface area contributed by atoms with Crippen LogP contribution in [0.15, 0.2) is 48.5 Å². The van der Waals surface area contributed by atoms with Gasteiger partial charge in [0.05, 0.1) is 28.9 Å². The molecule has 2 N–H and O–H groups in total. The van der Waals surface area contributed by atoms with Crippen LogP contribution in [0.25, 0.3) is 0 Å². The normalized spacial score (nSPS) is 18.4. The molecule has 41 heavy (non-hydrogen) atoms. The Labute approximate surface area is 235 Å². The van der Waals surface area contributed by atoms with Crippen molar-refractivity contribution in [3.63, 3.8) is 0 Å². The zero-order valence-electron chi connectivity index (χ0n) is 21.2. The van der Waals surface area contributed by atoms with Gasteiger partial charge in [-0.25, -0.2) is 8.78 Å². The van der Waals surface area contributed by atoms with E-state index in [1.807, 2.05) is 0 Å². The van der Waals surface area contributed by atoms with Crippen LogP contribution in [0.2, 0.25) is 5.02 Å². The Balaban J connectivity index is 1.55. The highest BCUT2D eigenvalue weighted by Crippen LogP contribution is 2.42. The van der Waals surface area contributed by atoms with E-state index in [-0.39, 0.29) is 57.8 Å². The van der Waals surface area contributed by atoms with Crippen LogP contribution in [-0.4, -0.2) is 42.3 Å². The van der Waals surface area contributed by atoms with Crippen LogP contribution >= 0.6 is 11.6 Å². The minimum atomic E-state index is -4.91. The van der Waals surface area contributed by atoms with Crippen LogP contribution in [0.3, 0.4) is 0 Å². The number of carbonyl (C=O) groups excluding carboxylic acids is 3. The van der Waals surface area contributed by atoms with Gasteiger partial charge in [-0.1, -0.05) is 11.6 Å². The first-order valence-electron chi connectivity index (χ1n) is 12.3. The number of nitrogens with zero attached hydrogens (tertiary/aromatic N) is 1. The van der Waals surface area contributed by atoms with Crippen molar-refractivity contribution in [2.24, 2.45) is 0 Å². The first-order valence-corrected chi connectivity index (χ1v) is 12.7. The number of alkyl halides is 3. The molecule has 0 spiro atoms. The number of likely N-dealkylation sites (tertiary alicyclic amines) is 1. The maximum absolute atomic E-state index is 14.1. The maximum atomic E-state index is 14.1. The first-order chi connectivity index (χ1) is 19.3. The van der Waals surface area contributed by atoms with Crippen LogP contribution in [0, 0.1) is 11.6 Å². The summed E-state index contributed by atoms with van der Waals surface area (Å²) in [4.78, 5) is 39.5. The summed E-state index contributed by atoms with van der Waals surface area (Å²) in [6.45, 7) is 0.0635. The van der Waals surface area contributed by atoms with Gasteiger partial charge in [0, 0.05) is 41.2 Å². The SMILES string of the molecule is CN1C(=O)CC[C@@H]1COc1cc(NC(=O)c2cc(F)cc(C(F)(F)F)c2)c2c(c1)C(=O)N[C@@H]2c1cc(F)ccc1Cl. The summed E-state index contributed by atoms with van der Waals surface area (Å²) in [7, 11) is 1.63. The summed E-state index contributed by atoms with van der Waals surface area (Å²) in [5.41, 5.74) is -1.68. The van der Waals surface area contributed by atoms with Crippen LogP contribution in [0.4, 0.5) is 27.6 Å². The van der Waals surface area contributed by atoms with Gasteiger partial charge in [0.2, 0.25) is 5.91 Å². The molecule has 2 atom stereocenters. The topological polar surface area (TPSA) is 87.7 Å². The predicted octanol–water partition coefficient (Wildman–Crippen LogP) is 5.72. The van der Waals surface area contributed by atoms with Crippen molar-refractivity contribution < 1.29 is 41.1 Å². The van der Waals surface area contributed by atoms with E-state index in [9.17, 15) is 36.3 Å². The highest BCUT2D eigenvalue weighted by Gasteiger charge is 2.36. The summed E-state index contributed by atoms with van der Waals surface area (Å²) in [5, 5.41) is 5.24. The van der Waals surface area contributed by atoms with Crippen LogP contribution < -0.4 is 15.4 Å². The van der Waals surface area contributed by atoms with E-state index in [1.165, 1.54) is 23.1 Å². The first kappa shape index (κ1) is 28.3. The average molecular weight is 594 g/mol. The molecule has 0 aromatic heterocycles. The number of halogens is 6. The summed E-state index contributed by atoms with van der Waals surface area (Å²) in [6.07, 6.45) is -4.01. The maximum Gasteiger partial charge on any atom is 0.416 e. The van der Waals surface area contributed by atoms with E-state index < -0.39 is 46.8 Å². The van der Waals surface area contributed by atoms with Crippen molar-refractivity contribution in [2.75, 3.05) is 19.0 Å². The second-order valence-corrected chi connectivity index (χ2v) is 10.1. The highest BCUT2D eigenvalue weighted by atomic mass is 35.5. The molecule has 7 nitrogen and oxygen atoms in total.